The smallest absolute Gasteiger partial charge is 0.303 e. The monoisotopic (exact) mass is 443 g/mol. The number of nitrogens with zero attached hydrogens (tertiary/aromatic N) is 1. The number of carboxylic acids is 1. The number of ether oxygens (including phenoxy) is 2. The third kappa shape index (κ3) is 6.01. The zero-order valence-corrected chi connectivity index (χ0v) is 18.4. The summed E-state index contributed by atoms with van der Waals surface area (Å²) in [4.78, 5) is 15.3. The van der Waals surface area contributed by atoms with Gasteiger partial charge < -0.3 is 19.0 Å². The van der Waals surface area contributed by atoms with Gasteiger partial charge in [-0.1, -0.05) is 48.5 Å². The molecule has 3 aromatic carbocycles. The molecule has 0 aliphatic carbocycles. The maximum absolute atomic E-state index is 10.7. The molecule has 0 fully saturated rings. The molecule has 4 rings (SSSR count). The second-order valence-electron chi connectivity index (χ2n) is 7.61. The Balaban J connectivity index is 1.37. The minimum Gasteiger partial charge on any atom is -0.489 e. The summed E-state index contributed by atoms with van der Waals surface area (Å²) >= 11 is 0. The van der Waals surface area contributed by atoms with Gasteiger partial charge in [-0.2, -0.15) is 0 Å². The number of hydrogen-bond donors (Lipinski definition) is 1. The van der Waals surface area contributed by atoms with Crippen LogP contribution in [0.3, 0.4) is 0 Å². The van der Waals surface area contributed by atoms with Crippen LogP contribution in [0.2, 0.25) is 0 Å². The molecule has 1 N–H and O–H groups in total. The predicted molar refractivity (Wildman–Crippen MR) is 124 cm³/mol. The molecule has 6 nitrogen and oxygen atoms in total. The van der Waals surface area contributed by atoms with Crippen molar-refractivity contribution in [3.63, 3.8) is 0 Å². The van der Waals surface area contributed by atoms with Gasteiger partial charge >= 0.3 is 5.97 Å². The lowest BCUT2D eigenvalue weighted by atomic mass is 10.1. The maximum atomic E-state index is 10.7. The summed E-state index contributed by atoms with van der Waals surface area (Å²) in [5, 5.41) is 8.81. The van der Waals surface area contributed by atoms with Gasteiger partial charge in [-0.3, -0.25) is 4.79 Å². The first-order valence-electron chi connectivity index (χ1n) is 10.7. The van der Waals surface area contributed by atoms with Crippen LogP contribution in [0.25, 0.3) is 11.5 Å². The molecule has 0 amide bonds. The summed E-state index contributed by atoms with van der Waals surface area (Å²) in [5.41, 5.74) is 3.55. The summed E-state index contributed by atoms with van der Waals surface area (Å²) < 4.78 is 17.8. The first-order valence-corrected chi connectivity index (χ1v) is 10.7. The van der Waals surface area contributed by atoms with Gasteiger partial charge in [0.15, 0.2) is 0 Å². The fourth-order valence-corrected chi connectivity index (χ4v) is 3.34. The molecular weight excluding hydrogens is 418 g/mol. The van der Waals surface area contributed by atoms with E-state index >= 15 is 0 Å². The number of carboxylic acid groups (broad SMARTS) is 1. The summed E-state index contributed by atoms with van der Waals surface area (Å²) in [5.74, 6) is 1.94. The van der Waals surface area contributed by atoms with E-state index in [4.69, 9.17) is 19.0 Å². The van der Waals surface area contributed by atoms with Crippen LogP contribution in [0.15, 0.2) is 83.3 Å². The van der Waals surface area contributed by atoms with E-state index in [1.165, 1.54) is 0 Å². The van der Waals surface area contributed by atoms with Gasteiger partial charge in [-0.25, -0.2) is 4.98 Å². The molecule has 168 valence electrons. The van der Waals surface area contributed by atoms with Gasteiger partial charge in [0.2, 0.25) is 5.89 Å². The minimum absolute atomic E-state index is 0.114. The first-order chi connectivity index (χ1) is 16.1. The number of rotatable bonds is 10. The molecule has 1 heterocycles. The highest BCUT2D eigenvalue weighted by atomic mass is 16.5. The van der Waals surface area contributed by atoms with E-state index in [0.29, 0.717) is 24.7 Å². The number of oxazole rings is 1. The predicted octanol–water partition coefficient (Wildman–Crippen LogP) is 5.83. The Morgan fingerprint density at radius 1 is 0.909 bits per heavy atom. The third-order valence-corrected chi connectivity index (χ3v) is 5.20. The molecule has 6 heteroatoms. The second kappa shape index (κ2) is 10.5. The van der Waals surface area contributed by atoms with Crippen molar-refractivity contribution in [2.24, 2.45) is 0 Å². The number of aryl methyl sites for hydroxylation is 2. The third-order valence-electron chi connectivity index (χ3n) is 5.20. The molecule has 0 atom stereocenters. The zero-order chi connectivity index (χ0) is 23.0. The summed E-state index contributed by atoms with van der Waals surface area (Å²) in [6.45, 7) is 2.52. The highest BCUT2D eigenvalue weighted by Gasteiger charge is 2.13. The fourth-order valence-electron chi connectivity index (χ4n) is 3.34. The zero-order valence-electron chi connectivity index (χ0n) is 18.4. The Morgan fingerprint density at radius 3 is 2.39 bits per heavy atom. The largest absolute Gasteiger partial charge is 0.489 e. The number of benzene rings is 3. The van der Waals surface area contributed by atoms with Crippen LogP contribution in [0.5, 0.6) is 11.5 Å². The highest BCUT2D eigenvalue weighted by molar-refractivity contribution is 5.67. The van der Waals surface area contributed by atoms with E-state index in [9.17, 15) is 4.79 Å². The number of hydrogen-bond acceptors (Lipinski definition) is 5. The van der Waals surface area contributed by atoms with Crippen LogP contribution in [-0.2, 0) is 24.4 Å². The normalized spacial score (nSPS) is 10.7. The van der Waals surface area contributed by atoms with E-state index < -0.39 is 5.97 Å². The van der Waals surface area contributed by atoms with Crippen molar-refractivity contribution in [3.8, 4) is 23.0 Å². The Bertz CT molecular complexity index is 1200. The quantitative estimate of drug-likeness (QED) is 0.332. The highest BCUT2D eigenvalue weighted by Crippen LogP contribution is 2.25. The molecule has 1 aromatic heterocycles. The summed E-state index contributed by atoms with van der Waals surface area (Å²) in [6.07, 6.45) is 0.614. The number of para-hydroxylation sites is 1. The van der Waals surface area contributed by atoms with Crippen molar-refractivity contribution in [2.75, 3.05) is 0 Å². The standard InChI is InChI=1S/C27H25NO5/c1-19-24(28-27(33-19)21-7-3-2-4-8-21)18-32-25-10-6-5-9-22(25)17-31-23-14-11-20(12-15-23)13-16-26(29)30/h2-12,14-15H,13,16-18H2,1H3,(H,29,30). The average molecular weight is 443 g/mol. The topological polar surface area (TPSA) is 81.8 Å². The van der Waals surface area contributed by atoms with Gasteiger partial charge in [0.1, 0.15) is 36.2 Å². The SMILES string of the molecule is Cc1oc(-c2ccccc2)nc1COc1ccccc1COc1ccc(CCC(=O)O)cc1. The van der Waals surface area contributed by atoms with Gasteiger partial charge in [-0.15, -0.1) is 0 Å². The molecule has 0 spiro atoms. The number of aromatic nitrogens is 1. The molecule has 4 aromatic rings. The summed E-state index contributed by atoms with van der Waals surface area (Å²) in [6, 6.07) is 25.0. The van der Waals surface area contributed by atoms with Gasteiger partial charge in [0.05, 0.1) is 0 Å². The van der Waals surface area contributed by atoms with Crippen molar-refractivity contribution in [2.45, 2.75) is 33.0 Å². The maximum Gasteiger partial charge on any atom is 0.303 e. The number of aliphatic carboxylic acids is 1. The lowest BCUT2D eigenvalue weighted by molar-refractivity contribution is -0.136. The van der Waals surface area contributed by atoms with E-state index in [1.54, 1.807) is 0 Å². The minimum atomic E-state index is -0.802. The molecule has 0 saturated carbocycles. The van der Waals surface area contributed by atoms with Crippen LogP contribution >= 0.6 is 0 Å². The molecule has 0 aliphatic heterocycles. The van der Waals surface area contributed by atoms with Crippen molar-refractivity contribution >= 4 is 5.97 Å². The average Bonchev–Trinajstić information content (AvgIpc) is 3.22. The fraction of sp³-hybridized carbons (Fsp3) is 0.185. The van der Waals surface area contributed by atoms with Crippen molar-refractivity contribution in [3.05, 3.63) is 101 Å². The van der Waals surface area contributed by atoms with E-state index in [-0.39, 0.29) is 13.0 Å². The van der Waals surface area contributed by atoms with Crippen LogP contribution in [0.4, 0.5) is 0 Å². The lowest BCUT2D eigenvalue weighted by Gasteiger charge is -2.12. The Hall–Kier alpha value is -4.06. The second-order valence-corrected chi connectivity index (χ2v) is 7.61. The van der Waals surface area contributed by atoms with Crippen LogP contribution < -0.4 is 9.47 Å². The van der Waals surface area contributed by atoms with E-state index in [0.717, 1.165) is 33.9 Å². The number of carbonyl (C=O) groups is 1. The van der Waals surface area contributed by atoms with Crippen molar-refractivity contribution < 1.29 is 23.8 Å². The molecule has 0 bridgehead atoms. The van der Waals surface area contributed by atoms with Gasteiger partial charge in [0, 0.05) is 17.5 Å². The molecule has 33 heavy (non-hydrogen) atoms. The molecule has 0 radical (unpaired) electrons. The van der Waals surface area contributed by atoms with Gasteiger partial charge in [-0.05, 0) is 49.2 Å². The van der Waals surface area contributed by atoms with Crippen LogP contribution in [0.1, 0.15) is 29.0 Å². The van der Waals surface area contributed by atoms with E-state index in [2.05, 4.69) is 4.98 Å². The molecule has 0 aliphatic rings. The molecule has 0 unspecified atom stereocenters. The van der Waals surface area contributed by atoms with Crippen molar-refractivity contribution in [1.82, 2.24) is 4.98 Å². The van der Waals surface area contributed by atoms with Crippen LogP contribution in [0, 0.1) is 6.92 Å². The lowest BCUT2D eigenvalue weighted by Crippen LogP contribution is -2.03. The van der Waals surface area contributed by atoms with Gasteiger partial charge in [0.25, 0.3) is 0 Å². The Morgan fingerprint density at radius 2 is 1.64 bits per heavy atom. The van der Waals surface area contributed by atoms with E-state index in [1.807, 2.05) is 85.8 Å². The molecular formula is C27H25NO5. The Kier molecular flexibility index (Phi) is 7.05. The van der Waals surface area contributed by atoms with Crippen LogP contribution in [-0.4, -0.2) is 16.1 Å². The first kappa shape index (κ1) is 22.1. The van der Waals surface area contributed by atoms with Crippen molar-refractivity contribution in [1.29, 1.82) is 0 Å². The molecule has 0 saturated heterocycles. The Labute approximate surface area is 192 Å². The summed E-state index contributed by atoms with van der Waals surface area (Å²) in [7, 11) is 0.